The van der Waals surface area contributed by atoms with Crippen LogP contribution >= 0.6 is 0 Å². The van der Waals surface area contributed by atoms with Crippen molar-refractivity contribution in [2.45, 2.75) is 0 Å². The molecular weight excluding hydrogens is 244 g/mol. The van der Waals surface area contributed by atoms with Crippen LogP contribution in [-0.4, -0.2) is 21.8 Å². The summed E-state index contributed by atoms with van der Waals surface area (Å²) >= 11 is 0. The first-order valence-corrected chi connectivity index (χ1v) is 5.79. The fraction of sp³-hybridized carbons (Fsp3) is 0.0769. The zero-order valence-electron chi connectivity index (χ0n) is 10.0. The Hall–Kier alpha value is -2.60. The van der Waals surface area contributed by atoms with Gasteiger partial charge in [0.25, 0.3) is 0 Å². The summed E-state index contributed by atoms with van der Waals surface area (Å²) in [6.07, 6.45) is 5.22. The molecule has 1 amide bonds. The number of nitrogens with one attached hydrogen (secondary N) is 1. The van der Waals surface area contributed by atoms with Gasteiger partial charge in [-0.2, -0.15) is 0 Å². The first-order chi connectivity index (χ1) is 9.26. The second-order valence-electron chi connectivity index (χ2n) is 4.04. The van der Waals surface area contributed by atoms with E-state index in [1.807, 2.05) is 28.8 Å². The Morgan fingerprint density at radius 3 is 3.00 bits per heavy atom. The number of rotatable bonds is 3. The number of carbonyl (C=O) groups excluding carboxylic acids is 1. The normalized spacial score (nSPS) is 10.8. The van der Waals surface area contributed by atoms with E-state index in [1.165, 1.54) is 0 Å². The second kappa shape index (κ2) is 4.58. The number of imidazole rings is 1. The molecular formula is C13H12N4O2. The Morgan fingerprint density at radius 1 is 1.37 bits per heavy atom. The van der Waals surface area contributed by atoms with Crippen LogP contribution in [0.25, 0.3) is 17.1 Å². The molecule has 0 aliphatic carbocycles. The van der Waals surface area contributed by atoms with E-state index in [0.29, 0.717) is 11.4 Å². The zero-order chi connectivity index (χ0) is 13.2. The zero-order valence-corrected chi connectivity index (χ0v) is 10.0. The monoisotopic (exact) mass is 256 g/mol. The number of hydrogen-bond acceptors (Lipinski definition) is 4. The summed E-state index contributed by atoms with van der Waals surface area (Å²) in [5, 5.41) is 2.69. The highest BCUT2D eigenvalue weighted by molar-refractivity contribution is 5.92. The smallest absolute Gasteiger partial charge is 0.238 e. The van der Waals surface area contributed by atoms with Gasteiger partial charge in [0.1, 0.15) is 11.3 Å². The minimum absolute atomic E-state index is 0.0421. The molecule has 0 fully saturated rings. The molecule has 3 aromatic heterocycles. The van der Waals surface area contributed by atoms with Gasteiger partial charge in [-0.05, 0) is 24.3 Å². The van der Waals surface area contributed by atoms with Crippen LogP contribution in [0.5, 0.6) is 0 Å². The van der Waals surface area contributed by atoms with Gasteiger partial charge in [0.2, 0.25) is 5.91 Å². The Morgan fingerprint density at radius 2 is 2.26 bits per heavy atom. The van der Waals surface area contributed by atoms with Gasteiger partial charge in [0.15, 0.2) is 5.76 Å². The molecule has 3 rings (SSSR count). The first kappa shape index (κ1) is 11.5. The molecule has 0 bridgehead atoms. The Labute approximate surface area is 108 Å². The number of nitrogens with zero attached hydrogens (tertiary/aromatic N) is 2. The maximum Gasteiger partial charge on any atom is 0.238 e. The number of carbonyl (C=O) groups is 1. The van der Waals surface area contributed by atoms with Crippen molar-refractivity contribution in [1.29, 1.82) is 0 Å². The van der Waals surface area contributed by atoms with Crippen LogP contribution in [0.4, 0.5) is 5.69 Å². The van der Waals surface area contributed by atoms with Crippen molar-refractivity contribution in [3.05, 3.63) is 42.9 Å². The van der Waals surface area contributed by atoms with Crippen molar-refractivity contribution >= 4 is 17.2 Å². The van der Waals surface area contributed by atoms with Gasteiger partial charge in [-0.1, -0.05) is 0 Å². The molecule has 6 nitrogen and oxygen atoms in total. The number of anilines is 1. The minimum atomic E-state index is -0.231. The predicted octanol–water partition coefficient (Wildman–Crippen LogP) is 1.49. The van der Waals surface area contributed by atoms with Crippen molar-refractivity contribution in [1.82, 2.24) is 9.38 Å². The number of fused-ring (bicyclic) bond motifs is 1. The molecule has 0 unspecified atom stereocenters. The van der Waals surface area contributed by atoms with Crippen LogP contribution < -0.4 is 11.1 Å². The second-order valence-corrected chi connectivity index (χ2v) is 4.04. The van der Waals surface area contributed by atoms with Crippen molar-refractivity contribution in [3.8, 4) is 11.5 Å². The van der Waals surface area contributed by atoms with Crippen molar-refractivity contribution in [2.24, 2.45) is 5.73 Å². The van der Waals surface area contributed by atoms with E-state index in [1.54, 1.807) is 18.5 Å². The number of aromatic nitrogens is 2. The van der Waals surface area contributed by atoms with Crippen LogP contribution in [0.1, 0.15) is 0 Å². The fourth-order valence-electron chi connectivity index (χ4n) is 1.82. The third-order valence-corrected chi connectivity index (χ3v) is 2.69. The summed E-state index contributed by atoms with van der Waals surface area (Å²) in [6.45, 7) is -0.0421. The lowest BCUT2D eigenvalue weighted by Gasteiger charge is -2.03. The molecule has 6 heteroatoms. The van der Waals surface area contributed by atoms with Crippen LogP contribution in [0, 0.1) is 0 Å². The lowest BCUT2D eigenvalue weighted by Crippen LogP contribution is -2.21. The molecule has 0 aliphatic rings. The molecule has 0 aromatic carbocycles. The van der Waals surface area contributed by atoms with Crippen LogP contribution in [0.2, 0.25) is 0 Å². The summed E-state index contributed by atoms with van der Waals surface area (Å²) < 4.78 is 7.12. The summed E-state index contributed by atoms with van der Waals surface area (Å²) in [4.78, 5) is 15.7. The molecule has 0 atom stereocenters. The molecule has 3 heterocycles. The van der Waals surface area contributed by atoms with E-state index in [4.69, 9.17) is 10.2 Å². The number of nitrogens with two attached hydrogens (primary N) is 1. The number of amides is 1. The summed E-state index contributed by atoms with van der Waals surface area (Å²) in [7, 11) is 0. The maximum atomic E-state index is 11.2. The molecule has 3 N–H and O–H groups in total. The number of furan rings is 1. The highest BCUT2D eigenvalue weighted by Gasteiger charge is 2.07. The van der Waals surface area contributed by atoms with E-state index in [9.17, 15) is 4.79 Å². The van der Waals surface area contributed by atoms with E-state index >= 15 is 0 Å². The number of pyridine rings is 1. The maximum absolute atomic E-state index is 11.2. The molecule has 0 saturated carbocycles. The molecule has 0 aliphatic heterocycles. The predicted molar refractivity (Wildman–Crippen MR) is 70.6 cm³/mol. The topological polar surface area (TPSA) is 85.6 Å². The fourth-order valence-corrected chi connectivity index (χ4v) is 1.82. The Balaban J connectivity index is 1.97. The SMILES string of the molecule is NCC(=O)Nc1ccc2nc(-c3ccco3)cn2c1. The van der Waals surface area contributed by atoms with Crippen molar-refractivity contribution in [2.75, 3.05) is 11.9 Å². The van der Waals surface area contributed by atoms with Crippen molar-refractivity contribution < 1.29 is 9.21 Å². The van der Waals surface area contributed by atoms with E-state index in [2.05, 4.69) is 10.3 Å². The Kier molecular flexibility index (Phi) is 2.77. The summed E-state index contributed by atoms with van der Waals surface area (Å²) in [5.41, 5.74) is 7.45. The van der Waals surface area contributed by atoms with E-state index in [0.717, 1.165) is 11.3 Å². The molecule has 0 spiro atoms. The highest BCUT2D eigenvalue weighted by atomic mass is 16.3. The summed E-state index contributed by atoms with van der Waals surface area (Å²) in [5.74, 6) is 0.474. The molecule has 3 aromatic rings. The first-order valence-electron chi connectivity index (χ1n) is 5.79. The van der Waals surface area contributed by atoms with Gasteiger partial charge >= 0.3 is 0 Å². The van der Waals surface area contributed by atoms with Gasteiger partial charge < -0.3 is 19.9 Å². The summed E-state index contributed by atoms with van der Waals surface area (Å²) in [6, 6.07) is 7.26. The van der Waals surface area contributed by atoms with Crippen molar-refractivity contribution in [3.63, 3.8) is 0 Å². The molecule has 0 saturated heterocycles. The average molecular weight is 256 g/mol. The van der Waals surface area contributed by atoms with Gasteiger partial charge in [-0.15, -0.1) is 0 Å². The lowest BCUT2D eigenvalue weighted by molar-refractivity contribution is -0.114. The molecule has 0 radical (unpaired) electrons. The van der Waals surface area contributed by atoms with Gasteiger partial charge in [0, 0.05) is 12.4 Å². The third-order valence-electron chi connectivity index (χ3n) is 2.69. The van der Waals surface area contributed by atoms with E-state index < -0.39 is 0 Å². The Bertz CT molecular complexity index is 715. The standard InChI is InChI=1S/C13H12N4O2/c14-6-13(18)15-9-3-4-12-16-10(8-17(12)7-9)11-2-1-5-19-11/h1-5,7-8H,6,14H2,(H,15,18). The van der Waals surface area contributed by atoms with E-state index in [-0.39, 0.29) is 12.5 Å². The number of hydrogen-bond donors (Lipinski definition) is 2. The average Bonchev–Trinajstić information content (AvgIpc) is 3.06. The van der Waals surface area contributed by atoms with Crippen LogP contribution in [0.15, 0.2) is 47.3 Å². The largest absolute Gasteiger partial charge is 0.463 e. The lowest BCUT2D eigenvalue weighted by atomic mass is 10.4. The van der Waals surface area contributed by atoms with Crippen LogP contribution in [-0.2, 0) is 4.79 Å². The van der Waals surface area contributed by atoms with Crippen LogP contribution in [0.3, 0.4) is 0 Å². The van der Waals surface area contributed by atoms with Gasteiger partial charge in [-0.25, -0.2) is 4.98 Å². The molecule has 96 valence electrons. The quantitative estimate of drug-likeness (QED) is 0.743. The molecule has 19 heavy (non-hydrogen) atoms. The minimum Gasteiger partial charge on any atom is -0.463 e. The third kappa shape index (κ3) is 2.21. The highest BCUT2D eigenvalue weighted by Crippen LogP contribution is 2.20. The van der Waals surface area contributed by atoms with Gasteiger partial charge in [0.05, 0.1) is 18.5 Å². The van der Waals surface area contributed by atoms with Gasteiger partial charge in [-0.3, -0.25) is 4.79 Å².